The number of rotatable bonds is 14. The Morgan fingerprint density at radius 1 is 1.04 bits per heavy atom. The summed E-state index contributed by atoms with van der Waals surface area (Å²) in [6.07, 6.45) is 4.90. The zero-order valence-electron chi connectivity index (χ0n) is 32.5. The molecule has 2 aromatic carbocycles. The van der Waals surface area contributed by atoms with Gasteiger partial charge in [-0.05, 0) is 42.7 Å². The molecule has 3 aromatic rings. The van der Waals surface area contributed by atoms with E-state index >= 15 is 0 Å². The van der Waals surface area contributed by atoms with Crippen LogP contribution in [0, 0.1) is 23.2 Å². The van der Waals surface area contributed by atoms with Gasteiger partial charge in [0.1, 0.15) is 35.2 Å². The maximum Gasteiger partial charge on any atom is 0.330 e. The highest BCUT2D eigenvalue weighted by atomic mass is 16.5. The number of benzene rings is 2. The molecule has 56 heavy (non-hydrogen) atoms. The highest BCUT2D eigenvalue weighted by Gasteiger charge is 2.61. The van der Waals surface area contributed by atoms with Crippen molar-refractivity contribution in [3.8, 4) is 22.8 Å². The van der Waals surface area contributed by atoms with Crippen LogP contribution in [0.3, 0.4) is 0 Å². The second kappa shape index (κ2) is 16.3. The van der Waals surface area contributed by atoms with Gasteiger partial charge in [-0.2, -0.15) is 0 Å². The monoisotopic (exact) mass is 768 g/mol. The summed E-state index contributed by atoms with van der Waals surface area (Å²) in [5.41, 5.74) is -0.304. The summed E-state index contributed by atoms with van der Waals surface area (Å²) in [6, 6.07) is 14.5. The van der Waals surface area contributed by atoms with Crippen molar-refractivity contribution in [2.24, 2.45) is 23.2 Å². The number of carbonyl (C=O) groups excluding carboxylic acids is 3. The first-order valence-electron chi connectivity index (χ1n) is 19.4. The van der Waals surface area contributed by atoms with Crippen LogP contribution in [-0.4, -0.2) is 87.1 Å². The lowest BCUT2D eigenvalue weighted by molar-refractivity contribution is -0.148. The van der Waals surface area contributed by atoms with E-state index in [1.54, 1.807) is 40.0 Å². The molecule has 3 fully saturated rings. The molecule has 1 saturated heterocycles. The highest BCUT2D eigenvalue weighted by molar-refractivity contribution is 5.97. The standard InChI is InChI=1S/C43H52N4O9/c1-6-27-23-43(27,41(53)54)46-39(51)34-20-29(56-35-22-32(26-15-11-8-12-16-26)44-33-19-28(55-5)17-18-30(33)35)24-47(34)40(52)37(42(2,3)4)45-38(50)31(21-36(48)49)25-13-9-7-10-14-25/h6,8,11-12,15-19,22,25,27,29,31,34,37H,1,7,9-10,13-14,20-21,23-24H2,2-5H3,(H,45,50)(H,46,51)(H,48,49)(H,53,54)/t27-,29+,31+,34-,37+,43?/m0/s1. The molecule has 6 atom stereocenters. The van der Waals surface area contributed by atoms with E-state index in [-0.39, 0.29) is 31.7 Å². The molecule has 0 radical (unpaired) electrons. The molecule has 0 spiro atoms. The number of carboxylic acids is 2. The molecule has 2 heterocycles. The summed E-state index contributed by atoms with van der Waals surface area (Å²) in [7, 11) is 1.57. The average Bonchev–Trinajstić information content (AvgIpc) is 3.74. The minimum atomic E-state index is -1.54. The first-order chi connectivity index (χ1) is 26.6. The SMILES string of the molecule is C=C[C@H]1CC1(NC(=O)[C@@H]1C[C@@H](Oc2cc(-c3ccccc3)nc3cc(OC)ccc23)CN1C(=O)[C@@H](NC(=O)[C@H](CC(=O)O)C1CCCCC1)C(C)(C)C)C(=O)O. The molecule has 2 aliphatic carbocycles. The number of nitrogens with one attached hydrogen (secondary N) is 2. The Morgan fingerprint density at radius 3 is 2.36 bits per heavy atom. The van der Waals surface area contributed by atoms with E-state index in [2.05, 4.69) is 17.2 Å². The summed E-state index contributed by atoms with van der Waals surface area (Å²) >= 11 is 0. The topological polar surface area (TPSA) is 184 Å². The number of aliphatic carboxylic acids is 2. The van der Waals surface area contributed by atoms with Crippen molar-refractivity contribution >= 4 is 40.6 Å². The van der Waals surface area contributed by atoms with Gasteiger partial charge in [-0.25, -0.2) is 9.78 Å². The molecule has 298 valence electrons. The normalized spacial score (nSPS) is 23.4. The van der Waals surface area contributed by atoms with Gasteiger partial charge < -0.3 is 35.2 Å². The number of aromatic nitrogens is 1. The number of fused-ring (bicyclic) bond motifs is 1. The molecule has 13 heteroatoms. The molecular weight excluding hydrogens is 716 g/mol. The third-order valence-electron chi connectivity index (χ3n) is 11.6. The van der Waals surface area contributed by atoms with Gasteiger partial charge in [-0.1, -0.05) is 76.4 Å². The summed E-state index contributed by atoms with van der Waals surface area (Å²) < 4.78 is 12.2. The van der Waals surface area contributed by atoms with Crippen LogP contribution in [0.25, 0.3) is 22.2 Å². The van der Waals surface area contributed by atoms with Crippen molar-refractivity contribution in [2.45, 2.75) is 95.9 Å². The van der Waals surface area contributed by atoms with E-state index in [0.717, 1.165) is 37.7 Å². The van der Waals surface area contributed by atoms with Crippen LogP contribution >= 0.6 is 0 Å². The van der Waals surface area contributed by atoms with Crippen LogP contribution in [0.1, 0.15) is 72.1 Å². The molecule has 2 saturated carbocycles. The third kappa shape index (κ3) is 8.51. The van der Waals surface area contributed by atoms with Crippen LogP contribution in [0.2, 0.25) is 0 Å². The van der Waals surface area contributed by atoms with Crippen LogP contribution in [-0.2, 0) is 24.0 Å². The Kier molecular flexibility index (Phi) is 11.7. The van der Waals surface area contributed by atoms with Crippen molar-refractivity contribution < 1.29 is 43.7 Å². The molecule has 3 amide bonds. The molecule has 1 aliphatic heterocycles. The second-order valence-corrected chi connectivity index (χ2v) is 16.5. The summed E-state index contributed by atoms with van der Waals surface area (Å²) in [6.45, 7) is 9.06. The number of nitrogens with zero attached hydrogens (tertiary/aromatic N) is 2. The maximum atomic E-state index is 14.8. The lowest BCUT2D eigenvalue weighted by Gasteiger charge is -2.37. The first-order valence-corrected chi connectivity index (χ1v) is 19.4. The van der Waals surface area contributed by atoms with Gasteiger partial charge in [0.15, 0.2) is 0 Å². The van der Waals surface area contributed by atoms with Gasteiger partial charge in [-0.15, -0.1) is 6.58 Å². The third-order valence-corrected chi connectivity index (χ3v) is 11.6. The van der Waals surface area contributed by atoms with Gasteiger partial charge in [0.25, 0.3) is 0 Å². The largest absolute Gasteiger partial charge is 0.497 e. The number of methoxy groups -OCH3 is 1. The van der Waals surface area contributed by atoms with E-state index in [4.69, 9.17) is 14.5 Å². The highest BCUT2D eigenvalue weighted by Crippen LogP contribution is 2.45. The maximum absolute atomic E-state index is 14.8. The minimum Gasteiger partial charge on any atom is -0.497 e. The number of carboxylic acid groups (broad SMARTS) is 2. The number of pyridine rings is 1. The van der Waals surface area contributed by atoms with Crippen LogP contribution in [0.4, 0.5) is 0 Å². The fourth-order valence-electron chi connectivity index (χ4n) is 8.29. The summed E-state index contributed by atoms with van der Waals surface area (Å²) in [5, 5.41) is 26.2. The molecular formula is C43H52N4O9. The number of carbonyl (C=O) groups is 5. The van der Waals surface area contributed by atoms with Crippen molar-refractivity contribution in [2.75, 3.05) is 13.7 Å². The molecule has 3 aliphatic rings. The van der Waals surface area contributed by atoms with Gasteiger partial charge in [0.2, 0.25) is 17.7 Å². The second-order valence-electron chi connectivity index (χ2n) is 16.5. The molecule has 1 aromatic heterocycles. The number of amides is 3. The van der Waals surface area contributed by atoms with Crippen LogP contribution in [0.15, 0.2) is 67.3 Å². The van der Waals surface area contributed by atoms with Gasteiger partial charge in [-0.3, -0.25) is 19.2 Å². The van der Waals surface area contributed by atoms with E-state index in [1.807, 2.05) is 42.5 Å². The minimum absolute atomic E-state index is 0.0290. The Balaban J connectivity index is 1.34. The predicted molar refractivity (Wildman–Crippen MR) is 209 cm³/mol. The zero-order chi connectivity index (χ0) is 40.4. The predicted octanol–water partition coefficient (Wildman–Crippen LogP) is 5.61. The Bertz CT molecular complexity index is 1990. The quantitative estimate of drug-likeness (QED) is 0.151. The molecule has 0 bridgehead atoms. The number of hydrogen-bond acceptors (Lipinski definition) is 8. The van der Waals surface area contributed by atoms with Gasteiger partial charge in [0.05, 0.1) is 37.2 Å². The first kappa shape index (κ1) is 40.2. The number of hydrogen-bond donors (Lipinski definition) is 4. The van der Waals surface area contributed by atoms with Crippen LogP contribution < -0.4 is 20.1 Å². The molecule has 6 rings (SSSR count). The van der Waals surface area contributed by atoms with Gasteiger partial charge >= 0.3 is 11.9 Å². The lowest BCUT2D eigenvalue weighted by atomic mass is 9.77. The Hall–Kier alpha value is -5.46. The smallest absolute Gasteiger partial charge is 0.330 e. The van der Waals surface area contributed by atoms with Crippen molar-refractivity contribution in [1.29, 1.82) is 0 Å². The van der Waals surface area contributed by atoms with E-state index in [9.17, 15) is 34.2 Å². The lowest BCUT2D eigenvalue weighted by Crippen LogP contribution is -2.60. The Labute approximate surface area is 326 Å². The van der Waals surface area contributed by atoms with E-state index < -0.39 is 70.6 Å². The van der Waals surface area contributed by atoms with E-state index in [0.29, 0.717) is 28.1 Å². The van der Waals surface area contributed by atoms with E-state index in [1.165, 1.54) is 11.0 Å². The fraction of sp³-hybridized carbons (Fsp3) is 0.488. The average molecular weight is 769 g/mol. The summed E-state index contributed by atoms with van der Waals surface area (Å²) in [4.78, 5) is 73.6. The van der Waals surface area contributed by atoms with Crippen molar-refractivity contribution in [3.63, 3.8) is 0 Å². The molecule has 13 nitrogen and oxygen atoms in total. The number of likely N-dealkylation sites (tertiary alicyclic amines) is 1. The van der Waals surface area contributed by atoms with Crippen molar-refractivity contribution in [3.05, 3.63) is 67.3 Å². The number of ether oxygens (including phenoxy) is 2. The fourth-order valence-corrected chi connectivity index (χ4v) is 8.29. The molecule has 1 unspecified atom stereocenters. The van der Waals surface area contributed by atoms with Crippen molar-refractivity contribution in [1.82, 2.24) is 20.5 Å². The summed E-state index contributed by atoms with van der Waals surface area (Å²) in [5.74, 6) is -4.36. The zero-order valence-corrected chi connectivity index (χ0v) is 32.5. The molecule has 4 N–H and O–H groups in total. The van der Waals surface area contributed by atoms with Crippen LogP contribution in [0.5, 0.6) is 11.5 Å². The Morgan fingerprint density at radius 2 is 1.75 bits per heavy atom. The van der Waals surface area contributed by atoms with Gasteiger partial charge in [0, 0.05) is 35.4 Å².